The molecule has 218 valence electrons. The van der Waals surface area contributed by atoms with E-state index >= 15 is 0 Å². The third kappa shape index (κ3) is 29.3. The number of ether oxygens (including phenoxy) is 2. The Labute approximate surface area is 230 Å². The Morgan fingerprint density at radius 2 is 1.14 bits per heavy atom. The lowest BCUT2D eigenvalue weighted by molar-refractivity contribution is -0.154. The van der Waals surface area contributed by atoms with Gasteiger partial charge in [-0.1, -0.05) is 128 Å². The summed E-state index contributed by atoms with van der Waals surface area (Å²) in [6, 6.07) is 0. The van der Waals surface area contributed by atoms with Gasteiger partial charge >= 0.3 is 5.97 Å². The quantitative estimate of drug-likeness (QED) is 0.0603. The molecule has 0 aliphatic rings. The minimum Gasteiger partial charge on any atom is -0.457 e. The second-order valence-corrected chi connectivity index (χ2v) is 10.5. The predicted molar refractivity (Wildman–Crippen MR) is 159 cm³/mol. The second-order valence-electron chi connectivity index (χ2n) is 10.5. The third-order valence-corrected chi connectivity index (χ3v) is 6.78. The van der Waals surface area contributed by atoms with Gasteiger partial charge in [0.25, 0.3) is 0 Å². The zero-order chi connectivity index (χ0) is 27.1. The first kappa shape index (κ1) is 35.9. The number of hydrogen-bond acceptors (Lipinski definition) is 4. The highest BCUT2D eigenvalue weighted by atomic mass is 16.6. The smallest absolute Gasteiger partial charge is 0.306 e. The van der Waals surface area contributed by atoms with Crippen LogP contribution in [0.5, 0.6) is 0 Å². The van der Waals surface area contributed by atoms with E-state index < -0.39 is 6.10 Å². The molecular formula is C33H62O4. The fraction of sp³-hybridized carbons (Fsp3) is 0.848. The lowest BCUT2D eigenvalue weighted by Crippen LogP contribution is -2.27. The molecule has 0 saturated carbocycles. The zero-order valence-electron chi connectivity index (χ0n) is 24.7. The molecule has 0 spiro atoms. The number of carbonyl (C=O) groups is 1. The average molecular weight is 523 g/mol. The lowest BCUT2D eigenvalue weighted by Gasteiger charge is -2.15. The van der Waals surface area contributed by atoms with Gasteiger partial charge in [-0.15, -0.1) is 0 Å². The van der Waals surface area contributed by atoms with E-state index in [4.69, 9.17) is 9.47 Å². The van der Waals surface area contributed by atoms with Crippen LogP contribution < -0.4 is 0 Å². The van der Waals surface area contributed by atoms with Gasteiger partial charge in [0.15, 0.2) is 0 Å². The Morgan fingerprint density at radius 3 is 1.73 bits per heavy atom. The number of esters is 1. The van der Waals surface area contributed by atoms with Crippen molar-refractivity contribution >= 4 is 5.97 Å². The third-order valence-electron chi connectivity index (χ3n) is 6.78. The molecule has 1 atom stereocenters. The molecule has 4 nitrogen and oxygen atoms in total. The maximum atomic E-state index is 12.0. The summed E-state index contributed by atoms with van der Waals surface area (Å²) in [4.78, 5) is 12.0. The first-order valence-electron chi connectivity index (χ1n) is 15.9. The van der Waals surface area contributed by atoms with Crippen LogP contribution in [0.15, 0.2) is 24.3 Å². The lowest BCUT2D eigenvalue weighted by atomic mass is 10.1. The molecule has 0 aliphatic heterocycles. The molecular weight excluding hydrogens is 460 g/mol. The number of carbonyl (C=O) groups excluding carboxylic acids is 1. The van der Waals surface area contributed by atoms with E-state index in [9.17, 15) is 9.90 Å². The summed E-state index contributed by atoms with van der Waals surface area (Å²) in [6.45, 7) is 5.28. The summed E-state index contributed by atoms with van der Waals surface area (Å²) >= 11 is 0. The fourth-order valence-electron chi connectivity index (χ4n) is 4.36. The highest BCUT2D eigenvalue weighted by Gasteiger charge is 2.13. The van der Waals surface area contributed by atoms with Crippen molar-refractivity contribution < 1.29 is 19.4 Å². The molecule has 37 heavy (non-hydrogen) atoms. The van der Waals surface area contributed by atoms with E-state index in [1.165, 1.54) is 109 Å². The van der Waals surface area contributed by atoms with Crippen LogP contribution in [-0.2, 0) is 14.3 Å². The number of unbranched alkanes of at least 4 members (excludes halogenated alkanes) is 17. The summed E-state index contributed by atoms with van der Waals surface area (Å²) in [5.74, 6) is -0.209. The largest absolute Gasteiger partial charge is 0.457 e. The van der Waals surface area contributed by atoms with Gasteiger partial charge in [0, 0.05) is 13.0 Å². The summed E-state index contributed by atoms with van der Waals surface area (Å²) in [5.41, 5.74) is 0. The van der Waals surface area contributed by atoms with Gasteiger partial charge in [0.2, 0.25) is 0 Å². The Hall–Kier alpha value is -1.13. The SMILES string of the molecule is CCCCC/C=C\C/C=C\CCCCCCCCOCC(CO)OC(=O)CCCCCCCCCCC. The summed E-state index contributed by atoms with van der Waals surface area (Å²) in [5, 5.41) is 9.48. The van der Waals surface area contributed by atoms with Gasteiger partial charge < -0.3 is 14.6 Å². The number of allylic oxidation sites excluding steroid dienone is 4. The predicted octanol–water partition coefficient (Wildman–Crippen LogP) is 9.64. The molecule has 0 aliphatic carbocycles. The average Bonchev–Trinajstić information content (AvgIpc) is 2.90. The van der Waals surface area contributed by atoms with Crippen LogP contribution >= 0.6 is 0 Å². The van der Waals surface area contributed by atoms with Crippen LogP contribution in [-0.4, -0.2) is 37.0 Å². The van der Waals surface area contributed by atoms with E-state index in [2.05, 4.69) is 38.2 Å². The molecule has 4 heteroatoms. The van der Waals surface area contributed by atoms with E-state index in [-0.39, 0.29) is 12.6 Å². The topological polar surface area (TPSA) is 55.8 Å². The van der Waals surface area contributed by atoms with Crippen LogP contribution in [0.2, 0.25) is 0 Å². The van der Waals surface area contributed by atoms with Gasteiger partial charge in [0.1, 0.15) is 6.10 Å². The fourth-order valence-corrected chi connectivity index (χ4v) is 4.36. The standard InChI is InChI=1S/C33H62O4/c1-3-5-7-9-11-13-14-15-16-17-18-19-21-23-25-27-29-36-31-32(30-34)37-33(35)28-26-24-22-20-12-10-8-6-4-2/h11,13,15-16,32,34H,3-10,12,14,17-31H2,1-2H3/b13-11-,16-15-. The van der Waals surface area contributed by atoms with E-state index in [0.717, 1.165) is 25.7 Å². The maximum Gasteiger partial charge on any atom is 0.306 e. The van der Waals surface area contributed by atoms with E-state index in [0.29, 0.717) is 19.6 Å². The number of aliphatic hydroxyl groups is 1. The molecule has 0 rings (SSSR count). The highest BCUT2D eigenvalue weighted by molar-refractivity contribution is 5.69. The molecule has 0 aromatic heterocycles. The van der Waals surface area contributed by atoms with Crippen molar-refractivity contribution in [2.75, 3.05) is 19.8 Å². The first-order chi connectivity index (χ1) is 18.2. The molecule has 0 saturated heterocycles. The van der Waals surface area contributed by atoms with Crippen molar-refractivity contribution in [3.8, 4) is 0 Å². The van der Waals surface area contributed by atoms with Gasteiger partial charge in [-0.25, -0.2) is 0 Å². The Morgan fingerprint density at radius 1 is 0.649 bits per heavy atom. The first-order valence-corrected chi connectivity index (χ1v) is 15.9. The van der Waals surface area contributed by atoms with Gasteiger partial charge in [-0.2, -0.15) is 0 Å². The zero-order valence-corrected chi connectivity index (χ0v) is 24.7. The molecule has 0 heterocycles. The minimum absolute atomic E-state index is 0.173. The van der Waals surface area contributed by atoms with Crippen molar-refractivity contribution in [2.24, 2.45) is 0 Å². The summed E-state index contributed by atoms with van der Waals surface area (Å²) in [6.07, 6.45) is 34.9. The molecule has 1 unspecified atom stereocenters. The van der Waals surface area contributed by atoms with Gasteiger partial charge in [-0.05, 0) is 44.9 Å². The van der Waals surface area contributed by atoms with Crippen molar-refractivity contribution in [3.63, 3.8) is 0 Å². The van der Waals surface area contributed by atoms with Crippen molar-refractivity contribution in [3.05, 3.63) is 24.3 Å². The molecule has 0 bridgehead atoms. The van der Waals surface area contributed by atoms with Gasteiger partial charge in [-0.3, -0.25) is 4.79 Å². The van der Waals surface area contributed by atoms with Gasteiger partial charge in [0.05, 0.1) is 13.2 Å². The molecule has 0 fully saturated rings. The van der Waals surface area contributed by atoms with Crippen LogP contribution in [0.4, 0.5) is 0 Å². The summed E-state index contributed by atoms with van der Waals surface area (Å²) < 4.78 is 11.0. The molecule has 0 aromatic rings. The van der Waals surface area contributed by atoms with E-state index in [1.807, 2.05) is 0 Å². The van der Waals surface area contributed by atoms with E-state index in [1.54, 1.807) is 0 Å². The maximum absolute atomic E-state index is 12.0. The molecule has 0 radical (unpaired) electrons. The van der Waals surface area contributed by atoms with Crippen molar-refractivity contribution in [1.29, 1.82) is 0 Å². The Kier molecular flexibility index (Phi) is 30.1. The normalized spacial score (nSPS) is 12.6. The van der Waals surface area contributed by atoms with Crippen molar-refractivity contribution in [1.82, 2.24) is 0 Å². The van der Waals surface area contributed by atoms with Crippen LogP contribution in [0.1, 0.15) is 155 Å². The summed E-state index contributed by atoms with van der Waals surface area (Å²) in [7, 11) is 0. The molecule has 0 amide bonds. The highest BCUT2D eigenvalue weighted by Crippen LogP contribution is 2.12. The molecule has 1 N–H and O–H groups in total. The van der Waals surface area contributed by atoms with Crippen LogP contribution in [0.3, 0.4) is 0 Å². The second kappa shape index (κ2) is 31.1. The number of hydrogen-bond donors (Lipinski definition) is 1. The minimum atomic E-state index is -0.532. The molecule has 0 aromatic carbocycles. The Balaban J connectivity index is 3.46. The Bertz CT molecular complexity index is 514. The van der Waals surface area contributed by atoms with Crippen molar-refractivity contribution in [2.45, 2.75) is 161 Å². The monoisotopic (exact) mass is 522 g/mol. The van der Waals surface area contributed by atoms with Crippen LogP contribution in [0, 0.1) is 0 Å². The number of aliphatic hydroxyl groups excluding tert-OH is 1. The number of rotatable bonds is 29. The van der Waals surface area contributed by atoms with Crippen LogP contribution in [0.25, 0.3) is 0 Å².